The molecule has 1 aromatic heterocycles. The number of fused-ring (bicyclic) bond motifs is 3. The Morgan fingerprint density at radius 1 is 1.47 bits per heavy atom. The Bertz CT molecular complexity index is 566. The summed E-state index contributed by atoms with van der Waals surface area (Å²) in [5.41, 5.74) is 1.02. The zero-order chi connectivity index (χ0) is 11.8. The van der Waals surface area contributed by atoms with Crippen LogP contribution in [-0.2, 0) is 6.54 Å². The summed E-state index contributed by atoms with van der Waals surface area (Å²) in [5, 5.41) is 0. The van der Waals surface area contributed by atoms with Crippen LogP contribution in [0.5, 0.6) is 11.5 Å². The number of halogens is 1. The van der Waals surface area contributed by atoms with Crippen LogP contribution in [0.25, 0.3) is 11.4 Å². The Balaban J connectivity index is 2.18. The Kier molecular flexibility index (Phi) is 2.70. The maximum absolute atomic E-state index is 5.73. The third-order valence-corrected chi connectivity index (χ3v) is 3.29. The minimum Gasteiger partial charge on any atom is -0.497 e. The molecule has 0 atom stereocenters. The highest BCUT2D eigenvalue weighted by Gasteiger charge is 2.18. The van der Waals surface area contributed by atoms with Gasteiger partial charge in [-0.3, -0.25) is 0 Å². The van der Waals surface area contributed by atoms with E-state index in [1.807, 2.05) is 24.4 Å². The molecule has 0 bridgehead atoms. The van der Waals surface area contributed by atoms with Gasteiger partial charge in [-0.1, -0.05) is 0 Å². The molecule has 0 spiro atoms. The number of imidazole rings is 1. The van der Waals surface area contributed by atoms with Crippen LogP contribution in [0.1, 0.15) is 0 Å². The van der Waals surface area contributed by atoms with Crippen molar-refractivity contribution < 1.29 is 9.47 Å². The standard InChI is InChI=1S/C12H11IN2O2/c1-16-8-2-3-9-10(6-8)17-5-4-15-7-11(13)14-12(9)15/h2-3,6-7H,4-5H2,1H3. The third-order valence-electron chi connectivity index (χ3n) is 2.77. The van der Waals surface area contributed by atoms with Crippen LogP contribution in [0.2, 0.25) is 0 Å². The molecule has 4 nitrogen and oxygen atoms in total. The summed E-state index contributed by atoms with van der Waals surface area (Å²) in [5.74, 6) is 2.60. The highest BCUT2D eigenvalue weighted by molar-refractivity contribution is 14.1. The minimum atomic E-state index is 0.652. The van der Waals surface area contributed by atoms with Gasteiger partial charge in [0.05, 0.1) is 19.2 Å². The largest absolute Gasteiger partial charge is 0.497 e. The van der Waals surface area contributed by atoms with Crippen molar-refractivity contribution in [3.05, 3.63) is 28.1 Å². The van der Waals surface area contributed by atoms with Gasteiger partial charge in [0.25, 0.3) is 0 Å². The van der Waals surface area contributed by atoms with Gasteiger partial charge in [-0.25, -0.2) is 4.98 Å². The second-order valence-corrected chi connectivity index (χ2v) is 4.90. The number of nitrogens with zero attached hydrogens (tertiary/aromatic N) is 2. The Hall–Kier alpha value is -1.24. The molecule has 88 valence electrons. The van der Waals surface area contributed by atoms with Gasteiger partial charge >= 0.3 is 0 Å². The number of aromatic nitrogens is 2. The van der Waals surface area contributed by atoms with Gasteiger partial charge in [0.15, 0.2) is 0 Å². The second kappa shape index (κ2) is 4.21. The topological polar surface area (TPSA) is 36.3 Å². The lowest BCUT2D eigenvalue weighted by Crippen LogP contribution is -2.04. The van der Waals surface area contributed by atoms with E-state index in [1.165, 1.54) is 0 Å². The van der Waals surface area contributed by atoms with Crippen molar-refractivity contribution in [3.63, 3.8) is 0 Å². The average molecular weight is 342 g/mol. The first kappa shape index (κ1) is 10.9. The second-order valence-electron chi connectivity index (χ2n) is 3.79. The van der Waals surface area contributed by atoms with Crippen LogP contribution >= 0.6 is 22.6 Å². The Morgan fingerprint density at radius 3 is 3.18 bits per heavy atom. The molecule has 0 saturated carbocycles. The molecule has 0 amide bonds. The van der Waals surface area contributed by atoms with E-state index in [4.69, 9.17) is 9.47 Å². The van der Waals surface area contributed by atoms with E-state index in [9.17, 15) is 0 Å². The molecule has 0 saturated heterocycles. The molecule has 1 aliphatic rings. The number of hydrogen-bond acceptors (Lipinski definition) is 3. The first-order valence-corrected chi connectivity index (χ1v) is 6.39. The zero-order valence-electron chi connectivity index (χ0n) is 9.31. The van der Waals surface area contributed by atoms with E-state index < -0.39 is 0 Å². The molecule has 3 rings (SSSR count). The number of benzene rings is 1. The number of hydrogen-bond donors (Lipinski definition) is 0. The minimum absolute atomic E-state index is 0.652. The third kappa shape index (κ3) is 1.88. The Labute approximate surface area is 113 Å². The predicted molar refractivity (Wildman–Crippen MR) is 72.4 cm³/mol. The van der Waals surface area contributed by atoms with Gasteiger partial charge in [-0.15, -0.1) is 0 Å². The normalized spacial score (nSPS) is 13.3. The summed E-state index contributed by atoms with van der Waals surface area (Å²) in [4.78, 5) is 4.54. The van der Waals surface area contributed by atoms with E-state index >= 15 is 0 Å². The summed E-state index contributed by atoms with van der Waals surface area (Å²) < 4.78 is 14.1. The molecule has 2 heterocycles. The molecule has 17 heavy (non-hydrogen) atoms. The van der Waals surface area contributed by atoms with Crippen LogP contribution < -0.4 is 9.47 Å². The van der Waals surface area contributed by atoms with Crippen LogP contribution in [0, 0.1) is 3.70 Å². The summed E-state index contributed by atoms with van der Waals surface area (Å²) >= 11 is 2.23. The maximum atomic E-state index is 5.73. The number of methoxy groups -OCH3 is 1. The fraction of sp³-hybridized carbons (Fsp3) is 0.250. The number of ether oxygens (including phenoxy) is 2. The molecular weight excluding hydrogens is 331 g/mol. The molecule has 0 radical (unpaired) electrons. The van der Waals surface area contributed by atoms with Gasteiger partial charge in [-0.05, 0) is 34.7 Å². The fourth-order valence-corrected chi connectivity index (χ4v) is 2.52. The first-order valence-electron chi connectivity index (χ1n) is 5.32. The lowest BCUT2D eigenvalue weighted by atomic mass is 10.2. The lowest BCUT2D eigenvalue weighted by molar-refractivity contribution is 0.304. The van der Waals surface area contributed by atoms with E-state index in [0.717, 1.165) is 33.1 Å². The smallest absolute Gasteiger partial charge is 0.145 e. The van der Waals surface area contributed by atoms with Crippen LogP contribution in [0.15, 0.2) is 24.4 Å². The Morgan fingerprint density at radius 2 is 2.35 bits per heavy atom. The van der Waals surface area contributed by atoms with Crippen LogP contribution in [0.4, 0.5) is 0 Å². The van der Waals surface area contributed by atoms with Crippen molar-refractivity contribution in [3.8, 4) is 22.9 Å². The molecule has 2 aromatic rings. The fourth-order valence-electron chi connectivity index (χ4n) is 1.96. The van der Waals surface area contributed by atoms with Crippen LogP contribution in [-0.4, -0.2) is 23.3 Å². The SMILES string of the molecule is COc1ccc2c(c1)OCCn1cc(I)nc1-2. The summed E-state index contributed by atoms with van der Waals surface area (Å²) in [7, 11) is 1.66. The maximum Gasteiger partial charge on any atom is 0.145 e. The summed E-state index contributed by atoms with van der Waals surface area (Å²) in [6.07, 6.45) is 2.04. The average Bonchev–Trinajstić information content (AvgIpc) is 2.62. The van der Waals surface area contributed by atoms with E-state index in [-0.39, 0.29) is 0 Å². The summed E-state index contributed by atoms with van der Waals surface area (Å²) in [6, 6.07) is 5.83. The van der Waals surface area contributed by atoms with E-state index in [2.05, 4.69) is 32.1 Å². The highest BCUT2D eigenvalue weighted by atomic mass is 127. The highest BCUT2D eigenvalue weighted by Crippen LogP contribution is 2.34. The van der Waals surface area contributed by atoms with Crippen molar-refractivity contribution in [2.24, 2.45) is 0 Å². The predicted octanol–water partition coefficient (Wildman–Crippen LogP) is 2.56. The monoisotopic (exact) mass is 342 g/mol. The molecule has 0 unspecified atom stereocenters. The lowest BCUT2D eigenvalue weighted by Gasteiger charge is -2.08. The van der Waals surface area contributed by atoms with E-state index in [0.29, 0.717) is 6.61 Å². The summed E-state index contributed by atoms with van der Waals surface area (Å²) in [6.45, 7) is 1.47. The van der Waals surface area contributed by atoms with Gasteiger partial charge in [0.1, 0.15) is 27.6 Å². The zero-order valence-corrected chi connectivity index (χ0v) is 11.5. The molecule has 0 aliphatic carbocycles. The van der Waals surface area contributed by atoms with Crippen molar-refractivity contribution in [1.82, 2.24) is 9.55 Å². The quantitative estimate of drug-likeness (QED) is 0.748. The van der Waals surface area contributed by atoms with Gasteiger partial charge in [-0.2, -0.15) is 0 Å². The molecule has 0 fully saturated rings. The van der Waals surface area contributed by atoms with Crippen molar-refractivity contribution in [1.29, 1.82) is 0 Å². The molecule has 5 heteroatoms. The van der Waals surface area contributed by atoms with Gasteiger partial charge < -0.3 is 14.0 Å². The van der Waals surface area contributed by atoms with Crippen LogP contribution in [0.3, 0.4) is 0 Å². The van der Waals surface area contributed by atoms with Crippen molar-refractivity contribution in [2.45, 2.75) is 6.54 Å². The molecular formula is C12H11IN2O2. The molecule has 1 aromatic carbocycles. The number of rotatable bonds is 1. The van der Waals surface area contributed by atoms with Crippen molar-refractivity contribution in [2.75, 3.05) is 13.7 Å². The van der Waals surface area contributed by atoms with Gasteiger partial charge in [0.2, 0.25) is 0 Å². The van der Waals surface area contributed by atoms with Crippen molar-refractivity contribution >= 4 is 22.6 Å². The van der Waals surface area contributed by atoms with Gasteiger partial charge in [0, 0.05) is 12.3 Å². The molecule has 1 aliphatic heterocycles. The molecule has 0 N–H and O–H groups in total. The first-order chi connectivity index (χ1) is 8.28. The van der Waals surface area contributed by atoms with E-state index in [1.54, 1.807) is 7.11 Å².